The molecule has 2 N–H and O–H groups in total. The lowest BCUT2D eigenvalue weighted by Crippen LogP contribution is -2.17. The Morgan fingerprint density at radius 2 is 2.00 bits per heavy atom. The van der Waals surface area contributed by atoms with Crippen LogP contribution < -0.4 is 10.2 Å². The SMILES string of the molecule is COc1ccccc1-c1cc(C(=O)N/N=C\c2ccc(Cl)cc2)[nH]n1. The van der Waals surface area contributed by atoms with Gasteiger partial charge in [0.2, 0.25) is 0 Å². The number of rotatable bonds is 5. The number of carbonyl (C=O) groups excluding carboxylic acids is 1. The molecule has 3 rings (SSSR count). The standard InChI is InChI=1S/C18H15ClN4O2/c1-25-17-5-3-2-4-14(17)15-10-16(22-21-15)18(24)23-20-11-12-6-8-13(19)9-7-12/h2-11H,1H3,(H,21,22)(H,23,24)/b20-11-. The van der Waals surface area contributed by atoms with E-state index in [1.807, 2.05) is 24.3 Å². The van der Waals surface area contributed by atoms with Crippen molar-refractivity contribution < 1.29 is 9.53 Å². The highest BCUT2D eigenvalue weighted by atomic mass is 35.5. The Labute approximate surface area is 149 Å². The number of nitrogens with zero attached hydrogens (tertiary/aromatic N) is 2. The van der Waals surface area contributed by atoms with Gasteiger partial charge in [-0.2, -0.15) is 10.2 Å². The van der Waals surface area contributed by atoms with Crippen molar-refractivity contribution >= 4 is 23.7 Å². The zero-order valence-corrected chi connectivity index (χ0v) is 14.1. The molecule has 0 aliphatic rings. The first-order valence-electron chi connectivity index (χ1n) is 7.45. The molecule has 25 heavy (non-hydrogen) atoms. The molecule has 0 unspecified atom stereocenters. The number of methoxy groups -OCH3 is 1. The number of amides is 1. The smallest absolute Gasteiger partial charge is 0.289 e. The van der Waals surface area contributed by atoms with Gasteiger partial charge in [0.25, 0.3) is 5.91 Å². The number of halogens is 1. The van der Waals surface area contributed by atoms with Crippen molar-refractivity contribution in [2.24, 2.45) is 5.10 Å². The van der Waals surface area contributed by atoms with E-state index in [9.17, 15) is 4.79 Å². The second-order valence-electron chi connectivity index (χ2n) is 5.12. The van der Waals surface area contributed by atoms with Crippen LogP contribution in [0.25, 0.3) is 11.3 Å². The number of hydrogen-bond donors (Lipinski definition) is 2. The quantitative estimate of drug-likeness (QED) is 0.543. The topological polar surface area (TPSA) is 79.4 Å². The molecular weight excluding hydrogens is 340 g/mol. The minimum absolute atomic E-state index is 0.300. The average Bonchev–Trinajstić information content (AvgIpc) is 3.13. The molecule has 0 aliphatic heterocycles. The van der Waals surface area contributed by atoms with Crippen molar-refractivity contribution in [3.8, 4) is 17.0 Å². The van der Waals surface area contributed by atoms with Crippen LogP contribution >= 0.6 is 11.6 Å². The summed E-state index contributed by atoms with van der Waals surface area (Å²) < 4.78 is 5.30. The van der Waals surface area contributed by atoms with E-state index in [4.69, 9.17) is 16.3 Å². The van der Waals surface area contributed by atoms with Gasteiger partial charge in [-0.05, 0) is 35.9 Å². The molecular formula is C18H15ClN4O2. The summed E-state index contributed by atoms with van der Waals surface area (Å²) in [7, 11) is 1.59. The van der Waals surface area contributed by atoms with Gasteiger partial charge in [-0.15, -0.1) is 0 Å². The molecule has 0 spiro atoms. The van der Waals surface area contributed by atoms with E-state index in [1.165, 1.54) is 6.21 Å². The van der Waals surface area contributed by atoms with Gasteiger partial charge in [0, 0.05) is 10.6 Å². The Balaban J connectivity index is 1.69. The van der Waals surface area contributed by atoms with Crippen molar-refractivity contribution in [2.75, 3.05) is 7.11 Å². The summed E-state index contributed by atoms with van der Waals surface area (Å²) in [4.78, 5) is 12.1. The van der Waals surface area contributed by atoms with Crippen molar-refractivity contribution in [3.05, 3.63) is 70.9 Å². The van der Waals surface area contributed by atoms with E-state index in [1.54, 1.807) is 37.4 Å². The monoisotopic (exact) mass is 354 g/mol. The molecule has 0 saturated carbocycles. The summed E-state index contributed by atoms with van der Waals surface area (Å²) in [5, 5.41) is 11.4. The third kappa shape index (κ3) is 4.05. The van der Waals surface area contributed by atoms with Crippen LogP contribution in [0.5, 0.6) is 5.75 Å². The molecule has 0 aliphatic carbocycles. The van der Waals surface area contributed by atoms with E-state index in [-0.39, 0.29) is 5.91 Å². The second-order valence-corrected chi connectivity index (χ2v) is 5.55. The molecule has 0 radical (unpaired) electrons. The fourth-order valence-corrected chi connectivity index (χ4v) is 2.33. The first kappa shape index (κ1) is 16.7. The number of para-hydroxylation sites is 1. The summed E-state index contributed by atoms with van der Waals surface area (Å²) >= 11 is 5.82. The van der Waals surface area contributed by atoms with Crippen LogP contribution in [0.1, 0.15) is 16.1 Å². The predicted molar refractivity (Wildman–Crippen MR) is 97.1 cm³/mol. The average molecular weight is 355 g/mol. The Hall–Kier alpha value is -3.12. The van der Waals surface area contributed by atoms with Crippen LogP contribution in [0.3, 0.4) is 0 Å². The normalized spacial score (nSPS) is 10.8. The van der Waals surface area contributed by atoms with Gasteiger partial charge in [0.05, 0.1) is 19.0 Å². The van der Waals surface area contributed by atoms with Crippen molar-refractivity contribution in [2.45, 2.75) is 0 Å². The van der Waals surface area contributed by atoms with Crippen LogP contribution in [0.4, 0.5) is 0 Å². The van der Waals surface area contributed by atoms with Gasteiger partial charge >= 0.3 is 0 Å². The first-order chi connectivity index (χ1) is 12.2. The maximum Gasteiger partial charge on any atom is 0.289 e. The lowest BCUT2D eigenvalue weighted by atomic mass is 10.1. The zero-order chi connectivity index (χ0) is 17.6. The van der Waals surface area contributed by atoms with Gasteiger partial charge < -0.3 is 4.74 Å². The van der Waals surface area contributed by atoms with Gasteiger partial charge in [-0.3, -0.25) is 9.89 Å². The molecule has 0 atom stereocenters. The largest absolute Gasteiger partial charge is 0.496 e. The lowest BCUT2D eigenvalue weighted by molar-refractivity contribution is 0.0950. The Morgan fingerprint density at radius 1 is 1.24 bits per heavy atom. The maximum absolute atomic E-state index is 12.1. The molecule has 0 saturated heterocycles. The number of hydrazone groups is 1. The van der Waals surface area contributed by atoms with Crippen LogP contribution in [0.2, 0.25) is 5.02 Å². The van der Waals surface area contributed by atoms with E-state index in [0.717, 1.165) is 11.1 Å². The molecule has 2 aromatic carbocycles. The number of carbonyl (C=O) groups is 1. The Kier molecular flexibility index (Phi) is 5.11. The first-order valence-corrected chi connectivity index (χ1v) is 7.83. The van der Waals surface area contributed by atoms with Crippen LogP contribution in [-0.2, 0) is 0 Å². The molecule has 1 heterocycles. The van der Waals surface area contributed by atoms with E-state index in [0.29, 0.717) is 22.2 Å². The van der Waals surface area contributed by atoms with Crippen LogP contribution in [0.15, 0.2) is 59.7 Å². The predicted octanol–water partition coefficient (Wildman–Crippen LogP) is 3.50. The Morgan fingerprint density at radius 3 is 2.76 bits per heavy atom. The summed E-state index contributed by atoms with van der Waals surface area (Å²) in [6, 6.07) is 16.2. The number of benzene rings is 2. The van der Waals surface area contributed by atoms with Crippen LogP contribution in [0, 0.1) is 0 Å². The highest BCUT2D eigenvalue weighted by molar-refractivity contribution is 6.30. The summed E-state index contributed by atoms with van der Waals surface area (Å²) in [5.74, 6) is 0.292. The number of H-pyrrole nitrogens is 1. The zero-order valence-electron chi connectivity index (χ0n) is 13.4. The molecule has 0 fully saturated rings. The molecule has 0 bridgehead atoms. The highest BCUT2D eigenvalue weighted by Gasteiger charge is 2.13. The summed E-state index contributed by atoms with van der Waals surface area (Å²) in [5.41, 5.74) is 4.99. The number of aromatic amines is 1. The number of ether oxygens (including phenoxy) is 1. The third-order valence-corrected chi connectivity index (χ3v) is 3.71. The van der Waals surface area contributed by atoms with Gasteiger partial charge in [-0.25, -0.2) is 5.43 Å². The van der Waals surface area contributed by atoms with Gasteiger partial charge in [0.15, 0.2) is 0 Å². The Bertz CT molecular complexity index is 903. The molecule has 126 valence electrons. The van der Waals surface area contributed by atoms with E-state index < -0.39 is 0 Å². The third-order valence-electron chi connectivity index (χ3n) is 3.46. The van der Waals surface area contributed by atoms with Crippen molar-refractivity contribution in [1.29, 1.82) is 0 Å². The summed E-state index contributed by atoms with van der Waals surface area (Å²) in [6.07, 6.45) is 1.53. The molecule has 7 heteroatoms. The number of aromatic nitrogens is 2. The molecule has 1 aromatic heterocycles. The minimum atomic E-state index is -0.390. The van der Waals surface area contributed by atoms with Crippen LogP contribution in [-0.4, -0.2) is 29.4 Å². The fraction of sp³-hybridized carbons (Fsp3) is 0.0556. The second kappa shape index (κ2) is 7.63. The molecule has 6 nitrogen and oxygen atoms in total. The molecule has 1 amide bonds. The lowest BCUT2D eigenvalue weighted by Gasteiger charge is -2.04. The van der Waals surface area contributed by atoms with Crippen molar-refractivity contribution in [1.82, 2.24) is 15.6 Å². The number of nitrogens with one attached hydrogen (secondary N) is 2. The van der Waals surface area contributed by atoms with Gasteiger partial charge in [-0.1, -0.05) is 35.9 Å². The van der Waals surface area contributed by atoms with Crippen molar-refractivity contribution in [3.63, 3.8) is 0 Å². The molecule has 3 aromatic rings. The number of hydrogen-bond acceptors (Lipinski definition) is 4. The van der Waals surface area contributed by atoms with E-state index >= 15 is 0 Å². The van der Waals surface area contributed by atoms with E-state index in [2.05, 4.69) is 20.7 Å². The summed E-state index contributed by atoms with van der Waals surface area (Å²) in [6.45, 7) is 0. The fourth-order valence-electron chi connectivity index (χ4n) is 2.21. The maximum atomic E-state index is 12.1. The van der Waals surface area contributed by atoms with Gasteiger partial charge in [0.1, 0.15) is 11.4 Å². The minimum Gasteiger partial charge on any atom is -0.496 e. The highest BCUT2D eigenvalue weighted by Crippen LogP contribution is 2.28.